The summed E-state index contributed by atoms with van der Waals surface area (Å²) >= 11 is 0. The summed E-state index contributed by atoms with van der Waals surface area (Å²) in [6.07, 6.45) is 0. The third-order valence-corrected chi connectivity index (χ3v) is 4.04. The standard InChI is InChI=1S/C20H16N2O8/c23-13-4-9(5-14(24)17(13)27)19(29)21-11-2-1-3-12(8-11)22-20(30)10-6-15(25)18(28)16(26)7-10/h1-8,23-28H,(H,21,29)(H,22,30). The summed E-state index contributed by atoms with van der Waals surface area (Å²) in [6, 6.07) is 9.87. The maximum Gasteiger partial charge on any atom is 0.255 e. The molecule has 0 saturated heterocycles. The van der Waals surface area contributed by atoms with E-state index in [9.17, 15) is 40.2 Å². The minimum absolute atomic E-state index is 0.118. The largest absolute Gasteiger partial charge is 0.504 e. The lowest BCUT2D eigenvalue weighted by molar-refractivity contribution is 0.101. The van der Waals surface area contributed by atoms with Crippen molar-refractivity contribution in [2.45, 2.75) is 0 Å². The van der Waals surface area contributed by atoms with Crippen molar-refractivity contribution < 1.29 is 40.2 Å². The summed E-state index contributed by atoms with van der Waals surface area (Å²) < 4.78 is 0. The van der Waals surface area contributed by atoms with Gasteiger partial charge in [-0.25, -0.2) is 0 Å². The van der Waals surface area contributed by atoms with Crippen molar-refractivity contribution in [2.24, 2.45) is 0 Å². The normalized spacial score (nSPS) is 10.4. The van der Waals surface area contributed by atoms with Crippen molar-refractivity contribution >= 4 is 23.2 Å². The van der Waals surface area contributed by atoms with Crippen LogP contribution in [0.15, 0.2) is 48.5 Å². The maximum atomic E-state index is 12.3. The molecule has 3 aromatic carbocycles. The minimum atomic E-state index is -0.748. The Morgan fingerprint density at radius 3 is 1.23 bits per heavy atom. The zero-order chi connectivity index (χ0) is 22.0. The number of anilines is 2. The van der Waals surface area contributed by atoms with Crippen LogP contribution in [0.5, 0.6) is 34.5 Å². The van der Waals surface area contributed by atoms with Gasteiger partial charge < -0.3 is 41.3 Å². The SMILES string of the molecule is O=C(Nc1cccc(NC(=O)c2cc(O)c(O)c(O)c2)c1)c1cc(O)c(O)c(O)c1. The van der Waals surface area contributed by atoms with Gasteiger partial charge in [0, 0.05) is 22.5 Å². The fourth-order valence-corrected chi connectivity index (χ4v) is 2.55. The van der Waals surface area contributed by atoms with Gasteiger partial charge in [-0.1, -0.05) is 6.07 Å². The Hall–Kier alpha value is -4.60. The van der Waals surface area contributed by atoms with Crippen LogP contribution in [0.2, 0.25) is 0 Å². The van der Waals surface area contributed by atoms with Gasteiger partial charge in [0.1, 0.15) is 0 Å². The summed E-state index contributed by atoms with van der Waals surface area (Å²) in [5.74, 6) is -5.55. The number of amides is 2. The number of carbonyl (C=O) groups excluding carboxylic acids is 2. The molecule has 0 aliphatic rings. The number of nitrogens with one attached hydrogen (secondary N) is 2. The van der Waals surface area contributed by atoms with E-state index in [1.165, 1.54) is 24.3 Å². The van der Waals surface area contributed by atoms with Crippen molar-refractivity contribution in [3.63, 3.8) is 0 Å². The molecule has 3 aromatic rings. The predicted molar refractivity (Wildman–Crippen MR) is 105 cm³/mol. The third kappa shape index (κ3) is 4.12. The van der Waals surface area contributed by atoms with Crippen LogP contribution in [0, 0.1) is 0 Å². The Balaban J connectivity index is 1.76. The Morgan fingerprint density at radius 2 is 0.900 bits per heavy atom. The molecule has 30 heavy (non-hydrogen) atoms. The zero-order valence-electron chi connectivity index (χ0n) is 15.1. The smallest absolute Gasteiger partial charge is 0.255 e. The Morgan fingerprint density at radius 1 is 0.567 bits per heavy atom. The first-order valence-electron chi connectivity index (χ1n) is 8.38. The average Bonchev–Trinajstić information content (AvgIpc) is 2.69. The van der Waals surface area contributed by atoms with Crippen LogP contribution in [0.1, 0.15) is 20.7 Å². The lowest BCUT2D eigenvalue weighted by atomic mass is 10.1. The van der Waals surface area contributed by atoms with Gasteiger partial charge in [-0.05, 0) is 42.5 Å². The molecule has 0 aliphatic heterocycles. The number of hydrogen-bond acceptors (Lipinski definition) is 8. The molecule has 0 aliphatic carbocycles. The van der Waals surface area contributed by atoms with Crippen molar-refractivity contribution in [1.82, 2.24) is 0 Å². The number of phenolic OH excluding ortho intramolecular Hbond substituents is 6. The number of rotatable bonds is 4. The van der Waals surface area contributed by atoms with Crippen molar-refractivity contribution in [3.8, 4) is 34.5 Å². The zero-order valence-corrected chi connectivity index (χ0v) is 15.1. The quantitative estimate of drug-likeness (QED) is 0.301. The summed E-state index contributed by atoms with van der Waals surface area (Å²) in [5, 5.41) is 61.8. The highest BCUT2D eigenvalue weighted by Crippen LogP contribution is 2.36. The fourth-order valence-electron chi connectivity index (χ4n) is 2.55. The Bertz CT molecular complexity index is 1030. The van der Waals surface area contributed by atoms with Crippen LogP contribution in [-0.2, 0) is 0 Å². The molecule has 0 saturated carbocycles. The second-order valence-electron chi connectivity index (χ2n) is 6.22. The van der Waals surface area contributed by atoms with Gasteiger partial charge >= 0.3 is 0 Å². The average molecular weight is 412 g/mol. The van der Waals surface area contributed by atoms with Gasteiger partial charge in [-0.3, -0.25) is 9.59 Å². The monoisotopic (exact) mass is 412 g/mol. The van der Waals surface area contributed by atoms with Crippen molar-refractivity contribution in [1.29, 1.82) is 0 Å². The topological polar surface area (TPSA) is 180 Å². The number of phenols is 6. The fraction of sp³-hybridized carbons (Fsp3) is 0. The van der Waals surface area contributed by atoms with Crippen molar-refractivity contribution in [3.05, 3.63) is 59.7 Å². The Kier molecular flexibility index (Phi) is 5.23. The third-order valence-electron chi connectivity index (χ3n) is 4.04. The molecule has 154 valence electrons. The predicted octanol–water partition coefficient (Wildman–Crippen LogP) is 2.42. The molecule has 0 unspecified atom stereocenters. The maximum absolute atomic E-state index is 12.3. The van der Waals surface area contributed by atoms with E-state index in [1.54, 1.807) is 0 Å². The van der Waals surface area contributed by atoms with E-state index in [-0.39, 0.29) is 22.5 Å². The molecule has 8 N–H and O–H groups in total. The molecule has 2 amide bonds. The molecule has 3 rings (SSSR count). The first-order chi connectivity index (χ1) is 14.2. The highest BCUT2D eigenvalue weighted by Gasteiger charge is 2.15. The molecule has 0 spiro atoms. The van der Waals surface area contributed by atoms with Gasteiger partial charge in [0.15, 0.2) is 34.5 Å². The molecule has 0 radical (unpaired) electrons. The molecular formula is C20H16N2O8. The number of carbonyl (C=O) groups is 2. The molecule has 10 nitrogen and oxygen atoms in total. The van der Waals surface area contributed by atoms with Crippen molar-refractivity contribution in [2.75, 3.05) is 10.6 Å². The van der Waals surface area contributed by atoms with Crippen LogP contribution in [0.25, 0.3) is 0 Å². The van der Waals surface area contributed by atoms with Gasteiger partial charge in [0.2, 0.25) is 0 Å². The van der Waals surface area contributed by atoms with Crippen LogP contribution < -0.4 is 10.6 Å². The Labute approximate surface area is 168 Å². The second-order valence-corrected chi connectivity index (χ2v) is 6.22. The summed E-state index contributed by atoms with van der Waals surface area (Å²) in [5.41, 5.74) is 0.294. The van der Waals surface area contributed by atoms with Crippen LogP contribution in [0.4, 0.5) is 11.4 Å². The van der Waals surface area contributed by atoms with E-state index in [1.807, 2.05) is 0 Å². The lowest BCUT2D eigenvalue weighted by Crippen LogP contribution is -2.14. The van der Waals surface area contributed by atoms with Gasteiger partial charge in [-0.2, -0.15) is 0 Å². The number of hydrogen-bond donors (Lipinski definition) is 8. The van der Waals surface area contributed by atoms with Gasteiger partial charge in [0.25, 0.3) is 11.8 Å². The minimum Gasteiger partial charge on any atom is -0.504 e. The van der Waals surface area contributed by atoms with E-state index in [4.69, 9.17) is 0 Å². The van der Waals surface area contributed by atoms with E-state index in [0.717, 1.165) is 24.3 Å². The second kappa shape index (κ2) is 7.80. The molecule has 0 bridgehead atoms. The van der Waals surface area contributed by atoms with Crippen LogP contribution >= 0.6 is 0 Å². The number of aromatic hydroxyl groups is 6. The summed E-state index contributed by atoms with van der Waals surface area (Å²) in [7, 11) is 0. The summed E-state index contributed by atoms with van der Waals surface area (Å²) in [4.78, 5) is 24.6. The molecule has 0 atom stereocenters. The van der Waals surface area contributed by atoms with E-state index < -0.39 is 46.3 Å². The first kappa shape index (κ1) is 20.1. The van der Waals surface area contributed by atoms with E-state index in [2.05, 4.69) is 10.6 Å². The highest BCUT2D eigenvalue weighted by atomic mass is 16.3. The van der Waals surface area contributed by atoms with Gasteiger partial charge in [0.05, 0.1) is 0 Å². The molecule has 0 heterocycles. The molecule has 0 aromatic heterocycles. The molecule has 10 heteroatoms. The highest BCUT2D eigenvalue weighted by molar-refractivity contribution is 6.07. The first-order valence-corrected chi connectivity index (χ1v) is 8.38. The lowest BCUT2D eigenvalue weighted by Gasteiger charge is -2.10. The van der Waals surface area contributed by atoms with E-state index in [0.29, 0.717) is 0 Å². The number of benzene rings is 3. The van der Waals surface area contributed by atoms with Crippen LogP contribution in [-0.4, -0.2) is 42.5 Å². The van der Waals surface area contributed by atoms with Crippen LogP contribution in [0.3, 0.4) is 0 Å². The summed E-state index contributed by atoms with van der Waals surface area (Å²) in [6.45, 7) is 0. The molecular weight excluding hydrogens is 396 g/mol. The molecule has 0 fully saturated rings. The van der Waals surface area contributed by atoms with E-state index >= 15 is 0 Å². The van der Waals surface area contributed by atoms with Gasteiger partial charge in [-0.15, -0.1) is 0 Å².